The van der Waals surface area contributed by atoms with E-state index in [9.17, 15) is 22.8 Å². The molecule has 0 fully saturated rings. The van der Waals surface area contributed by atoms with Crippen molar-refractivity contribution in [1.29, 1.82) is 0 Å². The summed E-state index contributed by atoms with van der Waals surface area (Å²) < 4.78 is 44.1. The van der Waals surface area contributed by atoms with Crippen LogP contribution in [0.1, 0.15) is 39.6 Å². The van der Waals surface area contributed by atoms with Crippen LogP contribution in [-0.2, 0) is 6.18 Å². The number of hydrogen-bond donors (Lipinski definition) is 2. The standard InChI is InChI=1S/C24H21F3N2O3/c1-2-14-32-21-9-4-3-8-20(21)23(31)28-18-12-10-16(11-13-18)22(30)29-19-7-5-6-17(15-19)24(25,26)27/h3-13,15H,2,14H2,1H3,(H,28,31)(H,29,30). The summed E-state index contributed by atoms with van der Waals surface area (Å²) in [6.45, 7) is 2.45. The van der Waals surface area contributed by atoms with Crippen molar-refractivity contribution in [3.8, 4) is 5.75 Å². The molecule has 0 atom stereocenters. The molecule has 3 aromatic carbocycles. The molecule has 2 amide bonds. The first-order chi connectivity index (χ1) is 15.3. The number of amides is 2. The van der Waals surface area contributed by atoms with Crippen LogP contribution in [0.5, 0.6) is 5.75 Å². The maximum absolute atomic E-state index is 12.8. The van der Waals surface area contributed by atoms with E-state index in [4.69, 9.17) is 4.74 Å². The van der Waals surface area contributed by atoms with E-state index in [0.717, 1.165) is 18.6 Å². The Balaban J connectivity index is 1.67. The zero-order chi connectivity index (χ0) is 23.1. The first-order valence-electron chi connectivity index (χ1n) is 9.90. The van der Waals surface area contributed by atoms with Gasteiger partial charge in [-0.15, -0.1) is 0 Å². The quantitative estimate of drug-likeness (QED) is 0.472. The lowest BCUT2D eigenvalue weighted by Crippen LogP contribution is -2.15. The molecule has 3 rings (SSSR count). The number of halogens is 3. The molecule has 0 unspecified atom stereocenters. The Bertz CT molecular complexity index is 1100. The molecule has 0 aromatic heterocycles. The summed E-state index contributed by atoms with van der Waals surface area (Å²) in [5.74, 6) is -0.456. The number of carbonyl (C=O) groups is 2. The summed E-state index contributed by atoms with van der Waals surface area (Å²) in [5, 5.41) is 5.18. The van der Waals surface area contributed by atoms with E-state index in [-0.39, 0.29) is 17.2 Å². The van der Waals surface area contributed by atoms with Crippen molar-refractivity contribution in [2.45, 2.75) is 19.5 Å². The highest BCUT2D eigenvalue weighted by molar-refractivity contribution is 6.07. The number of nitrogens with one attached hydrogen (secondary N) is 2. The Morgan fingerprint density at radius 2 is 1.53 bits per heavy atom. The zero-order valence-electron chi connectivity index (χ0n) is 17.2. The van der Waals surface area contributed by atoms with E-state index < -0.39 is 17.6 Å². The van der Waals surface area contributed by atoms with Crippen LogP contribution in [0.4, 0.5) is 24.5 Å². The number of carbonyl (C=O) groups excluding carboxylic acids is 2. The van der Waals surface area contributed by atoms with Crippen LogP contribution in [0.15, 0.2) is 72.8 Å². The Morgan fingerprint density at radius 3 is 2.22 bits per heavy atom. The minimum absolute atomic E-state index is 0.0332. The number of anilines is 2. The average molecular weight is 442 g/mol. The second-order valence-electron chi connectivity index (χ2n) is 6.91. The maximum atomic E-state index is 12.8. The fourth-order valence-corrected chi connectivity index (χ4v) is 2.87. The molecule has 0 aliphatic heterocycles. The van der Waals surface area contributed by atoms with Crippen LogP contribution in [0.3, 0.4) is 0 Å². The zero-order valence-corrected chi connectivity index (χ0v) is 17.2. The first kappa shape index (κ1) is 22.9. The van der Waals surface area contributed by atoms with Gasteiger partial charge >= 0.3 is 6.18 Å². The molecule has 0 radical (unpaired) electrons. The van der Waals surface area contributed by atoms with E-state index in [1.54, 1.807) is 24.3 Å². The van der Waals surface area contributed by atoms with Gasteiger partial charge in [-0.05, 0) is 61.0 Å². The lowest BCUT2D eigenvalue weighted by Gasteiger charge is -2.12. The van der Waals surface area contributed by atoms with Crippen molar-refractivity contribution in [3.05, 3.63) is 89.5 Å². The van der Waals surface area contributed by atoms with Crippen LogP contribution in [0, 0.1) is 0 Å². The minimum atomic E-state index is -4.50. The van der Waals surface area contributed by atoms with Crippen molar-refractivity contribution >= 4 is 23.2 Å². The predicted octanol–water partition coefficient (Wildman–Crippen LogP) is 6.00. The van der Waals surface area contributed by atoms with Crippen molar-refractivity contribution in [3.63, 3.8) is 0 Å². The molecular weight excluding hydrogens is 421 g/mol. The molecule has 0 bridgehead atoms. The third-order valence-electron chi connectivity index (χ3n) is 4.45. The van der Waals surface area contributed by atoms with Gasteiger partial charge in [0, 0.05) is 16.9 Å². The van der Waals surface area contributed by atoms with Crippen molar-refractivity contribution < 1.29 is 27.5 Å². The lowest BCUT2D eigenvalue weighted by atomic mass is 10.1. The summed E-state index contributed by atoms with van der Waals surface area (Å²) >= 11 is 0. The van der Waals surface area contributed by atoms with Crippen molar-refractivity contribution in [2.24, 2.45) is 0 Å². The Labute approximate surface area is 183 Å². The Morgan fingerprint density at radius 1 is 0.844 bits per heavy atom. The highest BCUT2D eigenvalue weighted by Crippen LogP contribution is 2.30. The fraction of sp³-hybridized carbons (Fsp3) is 0.167. The van der Waals surface area contributed by atoms with Gasteiger partial charge in [0.25, 0.3) is 11.8 Å². The van der Waals surface area contributed by atoms with E-state index >= 15 is 0 Å². The third kappa shape index (κ3) is 5.87. The highest BCUT2D eigenvalue weighted by atomic mass is 19.4. The smallest absolute Gasteiger partial charge is 0.416 e. The second kappa shape index (κ2) is 10.00. The molecule has 0 aliphatic rings. The van der Waals surface area contributed by atoms with Gasteiger partial charge in [-0.2, -0.15) is 13.2 Å². The Kier molecular flexibility index (Phi) is 7.14. The van der Waals surface area contributed by atoms with Crippen LogP contribution < -0.4 is 15.4 Å². The van der Waals surface area contributed by atoms with Gasteiger partial charge < -0.3 is 15.4 Å². The number of rotatable bonds is 7. The van der Waals surface area contributed by atoms with Crippen LogP contribution >= 0.6 is 0 Å². The van der Waals surface area contributed by atoms with E-state index in [0.29, 0.717) is 23.6 Å². The first-order valence-corrected chi connectivity index (χ1v) is 9.90. The molecule has 0 saturated carbocycles. The monoisotopic (exact) mass is 442 g/mol. The van der Waals surface area contributed by atoms with Gasteiger partial charge in [0.15, 0.2) is 0 Å². The summed E-state index contributed by atoms with van der Waals surface area (Å²) in [6.07, 6.45) is -3.69. The number of ether oxygens (including phenoxy) is 1. The molecule has 0 aliphatic carbocycles. The fourth-order valence-electron chi connectivity index (χ4n) is 2.87. The molecule has 0 spiro atoms. The molecule has 0 heterocycles. The third-order valence-corrected chi connectivity index (χ3v) is 4.45. The second-order valence-corrected chi connectivity index (χ2v) is 6.91. The molecule has 5 nitrogen and oxygen atoms in total. The van der Waals surface area contributed by atoms with E-state index in [1.165, 1.54) is 36.4 Å². The number of benzene rings is 3. The van der Waals surface area contributed by atoms with Gasteiger partial charge in [-0.25, -0.2) is 0 Å². The van der Waals surface area contributed by atoms with Crippen LogP contribution in [0.25, 0.3) is 0 Å². The summed E-state index contributed by atoms with van der Waals surface area (Å²) in [7, 11) is 0. The molecule has 166 valence electrons. The summed E-state index contributed by atoms with van der Waals surface area (Å²) in [6, 6.07) is 17.3. The van der Waals surface area contributed by atoms with Crippen molar-refractivity contribution in [1.82, 2.24) is 0 Å². The number of para-hydroxylation sites is 1. The molecule has 8 heteroatoms. The molecule has 3 aromatic rings. The lowest BCUT2D eigenvalue weighted by molar-refractivity contribution is -0.137. The Hall–Kier alpha value is -3.81. The van der Waals surface area contributed by atoms with Gasteiger partial charge in [0.05, 0.1) is 17.7 Å². The maximum Gasteiger partial charge on any atom is 0.416 e. The SMILES string of the molecule is CCCOc1ccccc1C(=O)Nc1ccc(C(=O)Nc2cccc(C(F)(F)F)c2)cc1. The van der Waals surface area contributed by atoms with Gasteiger partial charge in [0.1, 0.15) is 5.75 Å². The average Bonchev–Trinajstić information content (AvgIpc) is 2.78. The van der Waals surface area contributed by atoms with E-state index in [1.807, 2.05) is 6.92 Å². The molecule has 0 saturated heterocycles. The summed E-state index contributed by atoms with van der Waals surface area (Å²) in [4.78, 5) is 25.0. The molecular formula is C24H21F3N2O3. The highest BCUT2D eigenvalue weighted by Gasteiger charge is 2.30. The van der Waals surface area contributed by atoms with Gasteiger partial charge in [0.2, 0.25) is 0 Å². The largest absolute Gasteiger partial charge is 0.493 e. The van der Waals surface area contributed by atoms with Crippen LogP contribution in [0.2, 0.25) is 0 Å². The molecule has 2 N–H and O–H groups in total. The predicted molar refractivity (Wildman–Crippen MR) is 116 cm³/mol. The molecule has 32 heavy (non-hydrogen) atoms. The van der Waals surface area contributed by atoms with Crippen LogP contribution in [-0.4, -0.2) is 18.4 Å². The van der Waals surface area contributed by atoms with Crippen molar-refractivity contribution in [2.75, 3.05) is 17.2 Å². The number of alkyl halides is 3. The minimum Gasteiger partial charge on any atom is -0.493 e. The summed E-state index contributed by atoms with van der Waals surface area (Å²) in [5.41, 5.74) is 0.248. The van der Waals surface area contributed by atoms with Gasteiger partial charge in [-0.1, -0.05) is 25.1 Å². The normalized spacial score (nSPS) is 11.0. The van der Waals surface area contributed by atoms with Gasteiger partial charge in [-0.3, -0.25) is 9.59 Å². The van der Waals surface area contributed by atoms with E-state index in [2.05, 4.69) is 10.6 Å². The topological polar surface area (TPSA) is 67.4 Å². The number of hydrogen-bond acceptors (Lipinski definition) is 3.